The van der Waals surface area contributed by atoms with Crippen molar-refractivity contribution in [3.63, 3.8) is 0 Å². The maximum atomic E-state index is 6.03. The van der Waals surface area contributed by atoms with Gasteiger partial charge in [-0.2, -0.15) is 4.98 Å². The molecule has 3 heterocycles. The highest BCUT2D eigenvalue weighted by Crippen LogP contribution is 2.24. The number of nitrogen functional groups attached to an aromatic ring is 1. The first kappa shape index (κ1) is 17.6. The molecule has 0 saturated carbocycles. The Morgan fingerprint density at radius 2 is 2.00 bits per heavy atom. The van der Waals surface area contributed by atoms with E-state index < -0.39 is 0 Å². The molecule has 0 aromatic carbocycles. The zero-order valence-corrected chi connectivity index (χ0v) is 15.1. The number of rotatable bonds is 6. The van der Waals surface area contributed by atoms with Gasteiger partial charge >= 0.3 is 0 Å². The number of pyridine rings is 2. The zero-order chi connectivity index (χ0) is 18.5. The van der Waals surface area contributed by atoms with Crippen LogP contribution >= 0.6 is 0 Å². The Morgan fingerprint density at radius 1 is 1.15 bits per heavy atom. The predicted octanol–water partition coefficient (Wildman–Crippen LogP) is 3.05. The van der Waals surface area contributed by atoms with E-state index >= 15 is 0 Å². The van der Waals surface area contributed by atoms with Gasteiger partial charge in [-0.05, 0) is 30.7 Å². The summed E-state index contributed by atoms with van der Waals surface area (Å²) in [6.07, 6.45) is 3.36. The quantitative estimate of drug-likeness (QED) is 0.705. The molecule has 0 aliphatic rings. The molecule has 0 saturated heterocycles. The van der Waals surface area contributed by atoms with Crippen LogP contribution in [0.2, 0.25) is 0 Å². The molecule has 3 N–H and O–H groups in total. The lowest BCUT2D eigenvalue weighted by atomic mass is 10.0. The average Bonchev–Trinajstić information content (AvgIpc) is 2.66. The Morgan fingerprint density at radius 3 is 2.69 bits per heavy atom. The number of nitrogens with one attached hydrogen (secondary N) is 1. The number of ether oxygens (including phenoxy) is 1. The third-order valence-corrected chi connectivity index (χ3v) is 4.14. The van der Waals surface area contributed by atoms with Crippen molar-refractivity contribution in [2.45, 2.75) is 19.8 Å². The highest BCUT2D eigenvalue weighted by atomic mass is 16.5. The van der Waals surface area contributed by atoms with E-state index in [0.717, 1.165) is 28.3 Å². The normalized spacial score (nSPS) is 11.8. The lowest BCUT2D eigenvalue weighted by molar-refractivity contribution is 0.398. The molecule has 0 amide bonds. The molecule has 0 aliphatic heterocycles. The highest BCUT2D eigenvalue weighted by Gasteiger charge is 2.12. The molecule has 1 atom stereocenters. The SMILES string of the molecule is COc1ccc(C(C)CNc2cc(-c3ccc(C)nc3)ncn2)c(N)n1. The third-order valence-electron chi connectivity index (χ3n) is 4.14. The van der Waals surface area contributed by atoms with Crippen molar-refractivity contribution in [2.24, 2.45) is 0 Å². The lowest BCUT2D eigenvalue weighted by Gasteiger charge is -2.15. The second-order valence-electron chi connectivity index (χ2n) is 6.09. The van der Waals surface area contributed by atoms with E-state index in [1.807, 2.05) is 43.5 Å². The summed E-state index contributed by atoms with van der Waals surface area (Å²) >= 11 is 0. The summed E-state index contributed by atoms with van der Waals surface area (Å²) in [5, 5.41) is 3.33. The van der Waals surface area contributed by atoms with E-state index in [0.29, 0.717) is 18.2 Å². The predicted molar refractivity (Wildman–Crippen MR) is 102 cm³/mol. The fourth-order valence-electron chi connectivity index (χ4n) is 2.60. The number of aromatic nitrogens is 4. The largest absolute Gasteiger partial charge is 0.481 e. The maximum Gasteiger partial charge on any atom is 0.214 e. The summed E-state index contributed by atoms with van der Waals surface area (Å²) in [5.41, 5.74) is 9.75. The molecule has 3 aromatic heterocycles. The molecular weight excluding hydrogens is 328 g/mol. The van der Waals surface area contributed by atoms with E-state index in [9.17, 15) is 0 Å². The number of anilines is 2. The molecule has 3 aromatic rings. The summed E-state index contributed by atoms with van der Waals surface area (Å²) in [7, 11) is 1.57. The summed E-state index contributed by atoms with van der Waals surface area (Å²) in [6.45, 7) is 4.71. The van der Waals surface area contributed by atoms with Gasteiger partial charge in [-0.1, -0.05) is 6.92 Å². The first-order valence-electron chi connectivity index (χ1n) is 8.36. The fourth-order valence-corrected chi connectivity index (χ4v) is 2.60. The number of aryl methyl sites for hydroxylation is 1. The van der Waals surface area contributed by atoms with Gasteiger partial charge in [0.25, 0.3) is 0 Å². The summed E-state index contributed by atoms with van der Waals surface area (Å²) in [6, 6.07) is 9.63. The monoisotopic (exact) mass is 350 g/mol. The minimum Gasteiger partial charge on any atom is -0.481 e. The molecule has 0 aliphatic carbocycles. The number of hydrogen-bond donors (Lipinski definition) is 2. The van der Waals surface area contributed by atoms with E-state index in [1.54, 1.807) is 13.4 Å². The lowest BCUT2D eigenvalue weighted by Crippen LogP contribution is -2.13. The van der Waals surface area contributed by atoms with Crippen LogP contribution in [-0.4, -0.2) is 33.6 Å². The van der Waals surface area contributed by atoms with Crippen molar-refractivity contribution < 1.29 is 4.74 Å². The van der Waals surface area contributed by atoms with Crippen LogP contribution in [0.25, 0.3) is 11.3 Å². The van der Waals surface area contributed by atoms with Gasteiger partial charge in [-0.3, -0.25) is 4.98 Å². The van der Waals surface area contributed by atoms with Gasteiger partial charge in [0.1, 0.15) is 18.0 Å². The van der Waals surface area contributed by atoms with Gasteiger partial charge < -0.3 is 15.8 Å². The van der Waals surface area contributed by atoms with Crippen LogP contribution in [-0.2, 0) is 0 Å². The Bertz CT molecular complexity index is 881. The molecule has 134 valence electrons. The van der Waals surface area contributed by atoms with Gasteiger partial charge in [0, 0.05) is 42.0 Å². The van der Waals surface area contributed by atoms with Crippen LogP contribution in [0.4, 0.5) is 11.6 Å². The maximum absolute atomic E-state index is 6.03. The Kier molecular flexibility index (Phi) is 5.26. The van der Waals surface area contributed by atoms with Gasteiger partial charge in [0.05, 0.1) is 12.8 Å². The van der Waals surface area contributed by atoms with Crippen molar-refractivity contribution in [3.8, 4) is 17.1 Å². The van der Waals surface area contributed by atoms with Crippen LogP contribution in [0.3, 0.4) is 0 Å². The Hall–Kier alpha value is -3.22. The third kappa shape index (κ3) is 4.05. The Balaban J connectivity index is 1.70. The fraction of sp³-hybridized carbons (Fsp3) is 0.263. The van der Waals surface area contributed by atoms with E-state index in [2.05, 4.69) is 32.2 Å². The topological polar surface area (TPSA) is 98.8 Å². The van der Waals surface area contributed by atoms with E-state index in [4.69, 9.17) is 10.5 Å². The zero-order valence-electron chi connectivity index (χ0n) is 15.1. The van der Waals surface area contributed by atoms with E-state index in [-0.39, 0.29) is 5.92 Å². The molecule has 0 radical (unpaired) electrons. The molecule has 7 nitrogen and oxygen atoms in total. The van der Waals surface area contributed by atoms with Crippen molar-refractivity contribution in [1.29, 1.82) is 0 Å². The van der Waals surface area contributed by atoms with E-state index in [1.165, 1.54) is 0 Å². The number of nitrogens with zero attached hydrogens (tertiary/aromatic N) is 4. The average molecular weight is 350 g/mol. The van der Waals surface area contributed by atoms with Gasteiger partial charge in [0.15, 0.2) is 0 Å². The number of nitrogens with two attached hydrogens (primary N) is 1. The second-order valence-corrected chi connectivity index (χ2v) is 6.09. The smallest absolute Gasteiger partial charge is 0.214 e. The van der Waals surface area contributed by atoms with Crippen LogP contribution in [0.15, 0.2) is 42.9 Å². The Labute approximate surface area is 152 Å². The van der Waals surface area contributed by atoms with Crippen molar-refractivity contribution in [2.75, 3.05) is 24.7 Å². The summed E-state index contributed by atoms with van der Waals surface area (Å²) in [4.78, 5) is 17.1. The standard InChI is InChI=1S/C19H22N6O/c1-12(15-6-7-18(26-3)25-19(15)20)9-22-17-8-16(23-11-24-17)14-5-4-13(2)21-10-14/h4-8,10-12H,9H2,1-3H3,(H2,20,25)(H,22,23,24). The van der Waals surface area contributed by atoms with Crippen molar-refractivity contribution in [1.82, 2.24) is 19.9 Å². The van der Waals surface area contributed by atoms with Gasteiger partial charge in [-0.25, -0.2) is 9.97 Å². The molecule has 3 rings (SSSR count). The summed E-state index contributed by atoms with van der Waals surface area (Å²) in [5.74, 6) is 1.90. The highest BCUT2D eigenvalue weighted by molar-refractivity contribution is 5.61. The van der Waals surface area contributed by atoms with Crippen molar-refractivity contribution in [3.05, 3.63) is 54.1 Å². The number of hydrogen-bond acceptors (Lipinski definition) is 7. The molecule has 1 unspecified atom stereocenters. The van der Waals surface area contributed by atoms with Crippen LogP contribution < -0.4 is 15.8 Å². The van der Waals surface area contributed by atoms with Gasteiger partial charge in [-0.15, -0.1) is 0 Å². The molecule has 0 fully saturated rings. The number of methoxy groups -OCH3 is 1. The second kappa shape index (κ2) is 7.77. The molecule has 26 heavy (non-hydrogen) atoms. The van der Waals surface area contributed by atoms with Gasteiger partial charge in [0.2, 0.25) is 5.88 Å². The molecule has 0 spiro atoms. The van der Waals surface area contributed by atoms with Crippen LogP contribution in [0, 0.1) is 6.92 Å². The first-order chi connectivity index (χ1) is 12.6. The minimum absolute atomic E-state index is 0.160. The molecular formula is C19H22N6O. The molecule has 0 bridgehead atoms. The minimum atomic E-state index is 0.160. The summed E-state index contributed by atoms with van der Waals surface area (Å²) < 4.78 is 5.09. The molecule has 7 heteroatoms. The van der Waals surface area contributed by atoms with Crippen LogP contribution in [0.5, 0.6) is 5.88 Å². The van der Waals surface area contributed by atoms with Crippen molar-refractivity contribution >= 4 is 11.6 Å². The first-order valence-corrected chi connectivity index (χ1v) is 8.36. The van der Waals surface area contributed by atoms with Crippen LogP contribution in [0.1, 0.15) is 24.1 Å².